The standard InChI is InChI=1S/C23H33NO5Si/c1-6-12-20-14-15-21(13-7-2)22(18-20)19-26-23(25)24-16-11-17-30(27-8-3,28-9-4)29-10-5/h14-15,18H,8-11,16-17,19H2,1-5H3,(H,24,25). The molecule has 0 bridgehead atoms. The SMILES string of the molecule is CC#Cc1ccc(C#CC)c(COC(=O)NCCC[Si](OCC)(OCC)OCC)c1. The van der Waals surface area contributed by atoms with Crippen molar-refractivity contribution in [3.05, 3.63) is 34.9 Å². The Morgan fingerprint density at radius 3 is 2.20 bits per heavy atom. The molecule has 0 aliphatic heterocycles. The minimum Gasteiger partial charge on any atom is -0.445 e. The van der Waals surface area contributed by atoms with E-state index in [1.807, 2.05) is 39.0 Å². The first-order valence-corrected chi connectivity index (χ1v) is 12.3. The van der Waals surface area contributed by atoms with Crippen LogP contribution in [-0.4, -0.2) is 41.3 Å². The Morgan fingerprint density at radius 2 is 1.63 bits per heavy atom. The molecule has 0 saturated heterocycles. The molecule has 0 aromatic heterocycles. The van der Waals surface area contributed by atoms with E-state index in [0.29, 0.717) is 38.8 Å². The van der Waals surface area contributed by atoms with Crippen molar-refractivity contribution in [1.29, 1.82) is 0 Å². The summed E-state index contributed by atoms with van der Waals surface area (Å²) in [6, 6.07) is 6.34. The zero-order valence-electron chi connectivity index (χ0n) is 18.7. The third-order valence-electron chi connectivity index (χ3n) is 4.01. The molecule has 0 aliphatic rings. The van der Waals surface area contributed by atoms with Gasteiger partial charge in [0.15, 0.2) is 0 Å². The number of amides is 1. The molecule has 6 nitrogen and oxygen atoms in total. The lowest BCUT2D eigenvalue weighted by Crippen LogP contribution is -2.46. The summed E-state index contributed by atoms with van der Waals surface area (Å²) in [5, 5.41) is 2.77. The molecule has 0 fully saturated rings. The van der Waals surface area contributed by atoms with E-state index in [-0.39, 0.29) is 6.61 Å². The van der Waals surface area contributed by atoms with Crippen LogP contribution in [0.15, 0.2) is 18.2 Å². The van der Waals surface area contributed by atoms with Crippen LogP contribution in [0.5, 0.6) is 0 Å². The Kier molecular flexibility index (Phi) is 12.6. The van der Waals surface area contributed by atoms with Crippen molar-refractivity contribution in [2.45, 2.75) is 53.7 Å². The van der Waals surface area contributed by atoms with Crippen molar-refractivity contribution in [3.8, 4) is 23.7 Å². The quantitative estimate of drug-likeness (QED) is 0.307. The van der Waals surface area contributed by atoms with Gasteiger partial charge in [-0.1, -0.05) is 11.8 Å². The highest BCUT2D eigenvalue weighted by atomic mass is 28.4. The van der Waals surface area contributed by atoms with Gasteiger partial charge in [0.2, 0.25) is 0 Å². The van der Waals surface area contributed by atoms with Crippen molar-refractivity contribution in [2.24, 2.45) is 0 Å². The smallest absolute Gasteiger partial charge is 0.445 e. The molecule has 30 heavy (non-hydrogen) atoms. The molecule has 1 N–H and O–H groups in total. The minimum absolute atomic E-state index is 0.130. The topological polar surface area (TPSA) is 66.0 Å². The number of carbonyl (C=O) groups is 1. The van der Waals surface area contributed by atoms with E-state index in [1.54, 1.807) is 13.8 Å². The van der Waals surface area contributed by atoms with Crippen LogP contribution in [0.25, 0.3) is 0 Å². The van der Waals surface area contributed by atoms with E-state index in [0.717, 1.165) is 16.7 Å². The number of benzene rings is 1. The van der Waals surface area contributed by atoms with Crippen LogP contribution in [0.4, 0.5) is 4.79 Å². The number of rotatable bonds is 12. The maximum atomic E-state index is 12.1. The number of carbonyl (C=O) groups excluding carboxylic acids is 1. The van der Waals surface area contributed by atoms with Crippen molar-refractivity contribution in [2.75, 3.05) is 26.4 Å². The largest absolute Gasteiger partial charge is 0.500 e. The van der Waals surface area contributed by atoms with E-state index in [2.05, 4.69) is 29.0 Å². The third-order valence-corrected chi connectivity index (χ3v) is 7.17. The Balaban J connectivity index is 2.57. The second-order valence-corrected chi connectivity index (χ2v) is 8.94. The van der Waals surface area contributed by atoms with Gasteiger partial charge in [-0.2, -0.15) is 0 Å². The average molecular weight is 432 g/mol. The fraction of sp³-hybridized carbons (Fsp3) is 0.522. The van der Waals surface area contributed by atoms with Crippen molar-refractivity contribution >= 4 is 14.9 Å². The molecule has 0 spiro atoms. The van der Waals surface area contributed by atoms with Gasteiger partial charge >= 0.3 is 14.9 Å². The van der Waals surface area contributed by atoms with E-state index in [1.165, 1.54) is 0 Å². The molecule has 0 aliphatic carbocycles. The summed E-state index contributed by atoms with van der Waals surface area (Å²) < 4.78 is 22.8. The van der Waals surface area contributed by atoms with Gasteiger partial charge in [0.05, 0.1) is 0 Å². The number of hydrogen-bond donors (Lipinski definition) is 1. The second-order valence-electron chi connectivity index (χ2n) is 6.21. The summed E-state index contributed by atoms with van der Waals surface area (Å²) in [5.41, 5.74) is 2.52. The molecule has 1 amide bonds. The van der Waals surface area contributed by atoms with Crippen LogP contribution in [0, 0.1) is 23.7 Å². The first kappa shape index (κ1) is 25.7. The molecule has 7 heteroatoms. The highest BCUT2D eigenvalue weighted by molar-refractivity contribution is 6.60. The van der Waals surface area contributed by atoms with Gasteiger partial charge in [0.1, 0.15) is 6.61 Å². The van der Waals surface area contributed by atoms with Gasteiger partial charge in [-0.15, -0.1) is 11.8 Å². The number of ether oxygens (including phenoxy) is 1. The summed E-state index contributed by atoms with van der Waals surface area (Å²) in [6.07, 6.45) is 0.198. The Morgan fingerprint density at radius 1 is 1.00 bits per heavy atom. The summed E-state index contributed by atoms with van der Waals surface area (Å²) in [7, 11) is -2.69. The lowest BCUT2D eigenvalue weighted by Gasteiger charge is -2.28. The van der Waals surface area contributed by atoms with E-state index in [9.17, 15) is 4.79 Å². The molecular formula is C23H33NO5Si. The van der Waals surface area contributed by atoms with Crippen molar-refractivity contribution < 1.29 is 22.8 Å². The van der Waals surface area contributed by atoms with Gasteiger partial charge in [-0.3, -0.25) is 0 Å². The molecule has 0 radical (unpaired) electrons. The van der Waals surface area contributed by atoms with Crippen LogP contribution in [0.1, 0.15) is 57.7 Å². The maximum absolute atomic E-state index is 12.1. The predicted octanol–water partition coefficient (Wildman–Crippen LogP) is 4.09. The van der Waals surface area contributed by atoms with Gasteiger partial charge in [0.25, 0.3) is 0 Å². The fourth-order valence-electron chi connectivity index (χ4n) is 2.88. The van der Waals surface area contributed by atoms with Crippen molar-refractivity contribution in [3.63, 3.8) is 0 Å². The Labute approximate surface area is 182 Å². The molecule has 1 rings (SSSR count). The number of nitrogens with one attached hydrogen (secondary N) is 1. The monoisotopic (exact) mass is 431 g/mol. The lowest BCUT2D eigenvalue weighted by atomic mass is 10.0. The maximum Gasteiger partial charge on any atom is 0.500 e. The van der Waals surface area contributed by atoms with Gasteiger partial charge in [0, 0.05) is 49.1 Å². The predicted molar refractivity (Wildman–Crippen MR) is 120 cm³/mol. The van der Waals surface area contributed by atoms with E-state index >= 15 is 0 Å². The van der Waals surface area contributed by atoms with Crippen LogP contribution < -0.4 is 5.32 Å². The molecule has 0 unspecified atom stereocenters. The third kappa shape index (κ3) is 9.02. The van der Waals surface area contributed by atoms with E-state index in [4.69, 9.17) is 18.0 Å². The fourth-order valence-corrected chi connectivity index (χ4v) is 5.50. The van der Waals surface area contributed by atoms with Crippen LogP contribution >= 0.6 is 0 Å². The van der Waals surface area contributed by atoms with Gasteiger partial charge in [-0.25, -0.2) is 4.79 Å². The summed E-state index contributed by atoms with van der Waals surface area (Å²) >= 11 is 0. The molecule has 0 atom stereocenters. The Hall–Kier alpha value is -2.29. The van der Waals surface area contributed by atoms with Crippen molar-refractivity contribution in [1.82, 2.24) is 5.32 Å². The van der Waals surface area contributed by atoms with Crippen LogP contribution in [-0.2, 0) is 24.6 Å². The van der Waals surface area contributed by atoms with Gasteiger partial charge in [-0.05, 0) is 59.2 Å². The zero-order valence-corrected chi connectivity index (χ0v) is 19.7. The summed E-state index contributed by atoms with van der Waals surface area (Å²) in [4.78, 5) is 12.1. The highest BCUT2D eigenvalue weighted by Crippen LogP contribution is 2.18. The molecule has 1 aromatic rings. The lowest BCUT2D eigenvalue weighted by molar-refractivity contribution is 0.0706. The van der Waals surface area contributed by atoms with Crippen LogP contribution in [0.3, 0.4) is 0 Å². The first-order chi connectivity index (χ1) is 14.5. The average Bonchev–Trinajstić information content (AvgIpc) is 2.72. The molecule has 1 aromatic carbocycles. The highest BCUT2D eigenvalue weighted by Gasteiger charge is 2.39. The minimum atomic E-state index is -2.69. The number of alkyl carbamates (subject to hydrolysis) is 1. The second kappa shape index (κ2) is 14.7. The molecule has 164 valence electrons. The van der Waals surface area contributed by atoms with Crippen LogP contribution in [0.2, 0.25) is 6.04 Å². The molecule has 0 heterocycles. The number of hydrogen-bond acceptors (Lipinski definition) is 5. The Bertz CT molecular complexity index is 771. The molecular weight excluding hydrogens is 398 g/mol. The molecule has 0 saturated carbocycles. The zero-order chi connectivity index (χ0) is 22.2. The summed E-state index contributed by atoms with van der Waals surface area (Å²) in [6.45, 7) is 11.5. The normalized spacial score (nSPS) is 10.4. The van der Waals surface area contributed by atoms with Gasteiger partial charge < -0.3 is 23.3 Å². The first-order valence-electron chi connectivity index (χ1n) is 10.3. The van der Waals surface area contributed by atoms with E-state index < -0.39 is 14.9 Å². The summed E-state index contributed by atoms with van der Waals surface area (Å²) in [5.74, 6) is 11.8.